The van der Waals surface area contributed by atoms with Gasteiger partial charge >= 0.3 is 0 Å². The molecule has 0 radical (unpaired) electrons. The maximum atomic E-state index is 11.7. The zero-order chi connectivity index (χ0) is 15.5. The minimum Gasteiger partial charge on any atom is -0.386 e. The van der Waals surface area contributed by atoms with E-state index in [1.807, 2.05) is 30.3 Å². The van der Waals surface area contributed by atoms with Gasteiger partial charge < -0.3 is 15.4 Å². The van der Waals surface area contributed by atoms with E-state index >= 15 is 0 Å². The fraction of sp³-hybridized carbons (Fsp3) is 0.333. The van der Waals surface area contributed by atoms with E-state index in [0.717, 1.165) is 10.0 Å². The second-order valence-electron chi connectivity index (χ2n) is 4.28. The van der Waals surface area contributed by atoms with Gasteiger partial charge in [-0.15, -0.1) is 0 Å². The van der Waals surface area contributed by atoms with Crippen molar-refractivity contribution < 1.29 is 9.53 Å². The molecule has 0 spiro atoms. The SMILES string of the molecule is COCCCNC(=O)/C(C#N)=C\NCc1cccc(Br)c1. The predicted octanol–water partition coefficient (Wildman–Crippen LogP) is 2.10. The van der Waals surface area contributed by atoms with Crippen molar-refractivity contribution in [2.24, 2.45) is 0 Å². The molecule has 1 aromatic carbocycles. The number of ether oxygens (including phenoxy) is 1. The number of carbonyl (C=O) groups excluding carboxylic acids is 1. The second-order valence-corrected chi connectivity index (χ2v) is 5.20. The van der Waals surface area contributed by atoms with Crippen molar-refractivity contribution >= 4 is 21.8 Å². The Morgan fingerprint density at radius 1 is 1.52 bits per heavy atom. The predicted molar refractivity (Wildman–Crippen MR) is 84.2 cm³/mol. The summed E-state index contributed by atoms with van der Waals surface area (Å²) in [5.41, 5.74) is 1.11. The summed E-state index contributed by atoms with van der Waals surface area (Å²) in [6.07, 6.45) is 2.15. The van der Waals surface area contributed by atoms with Gasteiger partial charge in [-0.3, -0.25) is 4.79 Å². The number of rotatable bonds is 8. The van der Waals surface area contributed by atoms with Crippen molar-refractivity contribution in [1.29, 1.82) is 5.26 Å². The van der Waals surface area contributed by atoms with Crippen LogP contribution in [-0.2, 0) is 16.1 Å². The van der Waals surface area contributed by atoms with E-state index < -0.39 is 0 Å². The van der Waals surface area contributed by atoms with Crippen molar-refractivity contribution in [3.8, 4) is 6.07 Å². The molecule has 5 nitrogen and oxygen atoms in total. The van der Waals surface area contributed by atoms with Crippen molar-refractivity contribution in [3.63, 3.8) is 0 Å². The molecular weight excluding hydrogens is 334 g/mol. The zero-order valence-corrected chi connectivity index (χ0v) is 13.4. The third kappa shape index (κ3) is 6.93. The molecule has 0 heterocycles. The van der Waals surface area contributed by atoms with Gasteiger partial charge in [0.15, 0.2) is 0 Å². The van der Waals surface area contributed by atoms with Crippen molar-refractivity contribution in [2.45, 2.75) is 13.0 Å². The first-order valence-corrected chi connectivity index (χ1v) is 7.32. The van der Waals surface area contributed by atoms with Crippen LogP contribution >= 0.6 is 15.9 Å². The molecule has 0 saturated carbocycles. The van der Waals surface area contributed by atoms with E-state index in [-0.39, 0.29) is 11.5 Å². The number of methoxy groups -OCH3 is 1. The van der Waals surface area contributed by atoms with Gasteiger partial charge in [-0.25, -0.2) is 0 Å². The fourth-order valence-corrected chi connectivity index (χ4v) is 2.03. The van der Waals surface area contributed by atoms with Crippen molar-refractivity contribution in [3.05, 3.63) is 46.1 Å². The van der Waals surface area contributed by atoms with Gasteiger partial charge in [0.1, 0.15) is 11.6 Å². The quantitative estimate of drug-likeness (QED) is 0.427. The molecule has 0 aliphatic carbocycles. The molecule has 2 N–H and O–H groups in total. The lowest BCUT2D eigenvalue weighted by atomic mass is 10.2. The highest BCUT2D eigenvalue weighted by Gasteiger charge is 2.07. The first kappa shape index (κ1) is 17.2. The van der Waals surface area contributed by atoms with E-state index in [0.29, 0.717) is 26.1 Å². The number of hydrogen-bond acceptors (Lipinski definition) is 4. The first-order chi connectivity index (χ1) is 10.2. The molecule has 0 aromatic heterocycles. The Balaban J connectivity index is 2.44. The molecule has 0 aliphatic heterocycles. The number of carbonyl (C=O) groups is 1. The van der Waals surface area contributed by atoms with Crippen LogP contribution in [0.2, 0.25) is 0 Å². The van der Waals surface area contributed by atoms with E-state index in [1.54, 1.807) is 7.11 Å². The molecule has 0 unspecified atom stereocenters. The zero-order valence-electron chi connectivity index (χ0n) is 11.9. The van der Waals surface area contributed by atoms with Gasteiger partial charge in [-0.1, -0.05) is 28.1 Å². The number of nitriles is 1. The summed E-state index contributed by atoms with van der Waals surface area (Å²) in [7, 11) is 1.61. The molecule has 0 saturated heterocycles. The lowest BCUT2D eigenvalue weighted by Crippen LogP contribution is -2.27. The number of nitrogens with zero attached hydrogens (tertiary/aromatic N) is 1. The van der Waals surface area contributed by atoms with Gasteiger partial charge in [-0.2, -0.15) is 5.26 Å². The molecule has 6 heteroatoms. The molecule has 21 heavy (non-hydrogen) atoms. The topological polar surface area (TPSA) is 74.1 Å². The monoisotopic (exact) mass is 351 g/mol. The molecule has 1 amide bonds. The van der Waals surface area contributed by atoms with Crippen LogP contribution in [-0.4, -0.2) is 26.2 Å². The van der Waals surface area contributed by atoms with Crippen LogP contribution in [0.5, 0.6) is 0 Å². The Morgan fingerprint density at radius 3 is 3.00 bits per heavy atom. The minimum absolute atomic E-state index is 0.0578. The Bertz CT molecular complexity index is 538. The highest BCUT2D eigenvalue weighted by Crippen LogP contribution is 2.11. The number of halogens is 1. The van der Waals surface area contributed by atoms with Crippen LogP contribution in [0, 0.1) is 11.3 Å². The number of nitrogens with one attached hydrogen (secondary N) is 2. The third-order valence-corrected chi connectivity index (χ3v) is 3.11. The standard InChI is InChI=1S/C15H18BrN3O2/c1-21-7-3-6-19-15(20)13(9-17)11-18-10-12-4-2-5-14(16)8-12/h2,4-5,8,11,18H,3,6-7,10H2,1H3,(H,19,20)/b13-11-. The van der Waals surface area contributed by atoms with Crippen molar-refractivity contribution in [2.75, 3.05) is 20.3 Å². The largest absolute Gasteiger partial charge is 0.386 e. The smallest absolute Gasteiger partial charge is 0.263 e. The van der Waals surface area contributed by atoms with Gasteiger partial charge in [0.25, 0.3) is 5.91 Å². The Hall–Kier alpha value is -1.84. The summed E-state index contributed by atoms with van der Waals surface area (Å²) >= 11 is 3.39. The second kappa shape index (κ2) is 9.97. The van der Waals surface area contributed by atoms with Gasteiger partial charge in [0.2, 0.25) is 0 Å². The highest BCUT2D eigenvalue weighted by molar-refractivity contribution is 9.10. The summed E-state index contributed by atoms with van der Waals surface area (Å²) in [6.45, 7) is 1.60. The molecule has 0 bridgehead atoms. The number of amides is 1. The van der Waals surface area contributed by atoms with Crippen LogP contribution < -0.4 is 10.6 Å². The van der Waals surface area contributed by atoms with E-state index in [1.165, 1.54) is 6.20 Å². The molecular formula is C15H18BrN3O2. The summed E-state index contributed by atoms with van der Waals surface area (Å²) in [6, 6.07) is 9.68. The van der Waals surface area contributed by atoms with Gasteiger partial charge in [-0.05, 0) is 24.1 Å². The Kier molecular flexibility index (Phi) is 8.17. The van der Waals surface area contributed by atoms with E-state index in [2.05, 4.69) is 26.6 Å². The minimum atomic E-state index is -0.379. The lowest BCUT2D eigenvalue weighted by molar-refractivity contribution is -0.117. The molecule has 112 valence electrons. The summed E-state index contributed by atoms with van der Waals surface area (Å²) in [5, 5.41) is 14.6. The average molecular weight is 352 g/mol. The normalized spacial score (nSPS) is 10.8. The third-order valence-electron chi connectivity index (χ3n) is 2.62. The summed E-state index contributed by atoms with van der Waals surface area (Å²) in [5.74, 6) is -0.379. The van der Waals surface area contributed by atoms with E-state index in [4.69, 9.17) is 10.00 Å². The summed E-state index contributed by atoms with van der Waals surface area (Å²) < 4.78 is 5.87. The number of hydrogen-bond donors (Lipinski definition) is 2. The molecule has 0 atom stereocenters. The molecule has 0 aliphatic rings. The van der Waals surface area contributed by atoms with Crippen LogP contribution in [0.1, 0.15) is 12.0 Å². The van der Waals surface area contributed by atoms with Crippen LogP contribution in [0.4, 0.5) is 0 Å². The molecule has 1 rings (SSSR count). The molecule has 0 fully saturated rings. The van der Waals surface area contributed by atoms with Crippen LogP contribution in [0.3, 0.4) is 0 Å². The molecule has 1 aromatic rings. The van der Waals surface area contributed by atoms with Crippen molar-refractivity contribution in [1.82, 2.24) is 10.6 Å². The lowest BCUT2D eigenvalue weighted by Gasteiger charge is -2.05. The summed E-state index contributed by atoms with van der Waals surface area (Å²) in [4.78, 5) is 11.7. The maximum Gasteiger partial charge on any atom is 0.263 e. The fourth-order valence-electron chi connectivity index (χ4n) is 1.58. The highest BCUT2D eigenvalue weighted by atomic mass is 79.9. The average Bonchev–Trinajstić information content (AvgIpc) is 2.48. The van der Waals surface area contributed by atoms with E-state index in [9.17, 15) is 4.79 Å². The maximum absolute atomic E-state index is 11.7. The Labute approximate surface area is 133 Å². The number of benzene rings is 1. The van der Waals surface area contributed by atoms with Crippen LogP contribution in [0.25, 0.3) is 0 Å². The van der Waals surface area contributed by atoms with Gasteiger partial charge in [0.05, 0.1) is 0 Å². The Morgan fingerprint density at radius 2 is 2.33 bits per heavy atom. The van der Waals surface area contributed by atoms with Crippen LogP contribution in [0.15, 0.2) is 40.5 Å². The first-order valence-electron chi connectivity index (χ1n) is 6.52. The van der Waals surface area contributed by atoms with Gasteiger partial charge in [0, 0.05) is 37.5 Å².